The molecule has 1 unspecified atom stereocenters. The third-order valence-corrected chi connectivity index (χ3v) is 5.67. The maximum absolute atomic E-state index is 12.9. The van der Waals surface area contributed by atoms with Gasteiger partial charge in [0.1, 0.15) is 17.8 Å². The summed E-state index contributed by atoms with van der Waals surface area (Å²) in [5, 5.41) is 5.59. The Morgan fingerprint density at radius 2 is 1.89 bits per heavy atom. The Kier molecular flexibility index (Phi) is 5.68. The molecule has 1 saturated carbocycles. The lowest BCUT2D eigenvalue weighted by Gasteiger charge is -2.34. The quantitative estimate of drug-likeness (QED) is 0.749. The minimum absolute atomic E-state index is 0.134. The Morgan fingerprint density at radius 3 is 2.52 bits per heavy atom. The monoisotopic (exact) mass is 373 g/mol. The molecule has 1 heterocycles. The van der Waals surface area contributed by atoms with E-state index < -0.39 is 11.6 Å². The average molecular weight is 373 g/mol. The number of imide groups is 1. The Bertz CT molecular complexity index is 712. The van der Waals surface area contributed by atoms with Gasteiger partial charge < -0.3 is 15.4 Å². The van der Waals surface area contributed by atoms with Crippen LogP contribution in [0.3, 0.4) is 0 Å². The van der Waals surface area contributed by atoms with E-state index in [0.717, 1.165) is 41.9 Å². The van der Waals surface area contributed by atoms with E-state index in [-0.39, 0.29) is 24.3 Å². The lowest BCUT2D eigenvalue weighted by atomic mass is 9.75. The maximum Gasteiger partial charge on any atom is 0.325 e. The van der Waals surface area contributed by atoms with Gasteiger partial charge in [0.25, 0.3) is 5.91 Å². The fraction of sp³-hybridized carbons (Fsp3) is 0.550. The molecule has 2 N–H and O–H groups in total. The van der Waals surface area contributed by atoms with Gasteiger partial charge in [0.2, 0.25) is 5.91 Å². The van der Waals surface area contributed by atoms with Crippen molar-refractivity contribution in [2.75, 3.05) is 13.7 Å². The van der Waals surface area contributed by atoms with E-state index in [1.807, 2.05) is 24.3 Å². The standard InChI is InChI=1S/C20H27N3O4/c1-20(15-6-4-3-5-7-15)18(25)23(19(26)22-20)13-17(24)21-12-14-8-10-16(27-2)11-9-14/h8-11,15H,3-7,12-13H2,1-2H3,(H,21,24)(H,22,26). The Morgan fingerprint density at radius 1 is 1.22 bits per heavy atom. The average Bonchev–Trinajstić information content (AvgIpc) is 2.91. The van der Waals surface area contributed by atoms with E-state index in [0.29, 0.717) is 6.54 Å². The number of ether oxygens (including phenoxy) is 1. The van der Waals surface area contributed by atoms with Gasteiger partial charge in [-0.3, -0.25) is 14.5 Å². The van der Waals surface area contributed by atoms with E-state index in [2.05, 4.69) is 10.6 Å². The van der Waals surface area contributed by atoms with E-state index in [1.165, 1.54) is 6.42 Å². The molecule has 146 valence electrons. The van der Waals surface area contributed by atoms with Crippen LogP contribution in [0.1, 0.15) is 44.6 Å². The Balaban J connectivity index is 1.56. The predicted octanol–water partition coefficient (Wildman–Crippen LogP) is 2.20. The first-order valence-corrected chi connectivity index (χ1v) is 9.48. The highest BCUT2D eigenvalue weighted by atomic mass is 16.5. The van der Waals surface area contributed by atoms with Gasteiger partial charge >= 0.3 is 6.03 Å². The second-order valence-corrected chi connectivity index (χ2v) is 7.48. The predicted molar refractivity (Wildman–Crippen MR) is 100 cm³/mol. The van der Waals surface area contributed by atoms with Crippen molar-refractivity contribution < 1.29 is 19.1 Å². The molecule has 2 aliphatic rings. The second-order valence-electron chi connectivity index (χ2n) is 7.48. The summed E-state index contributed by atoms with van der Waals surface area (Å²) < 4.78 is 5.10. The van der Waals surface area contributed by atoms with E-state index in [1.54, 1.807) is 14.0 Å². The number of nitrogens with zero attached hydrogens (tertiary/aromatic N) is 1. The lowest BCUT2D eigenvalue weighted by Crippen LogP contribution is -2.51. The minimum atomic E-state index is -0.895. The number of hydrogen-bond acceptors (Lipinski definition) is 4. The number of hydrogen-bond donors (Lipinski definition) is 2. The first kappa shape index (κ1) is 19.2. The van der Waals surface area contributed by atoms with Gasteiger partial charge in [0.05, 0.1) is 7.11 Å². The maximum atomic E-state index is 12.9. The molecular weight excluding hydrogens is 346 g/mol. The van der Waals surface area contributed by atoms with Crippen LogP contribution in [0.2, 0.25) is 0 Å². The molecule has 27 heavy (non-hydrogen) atoms. The molecule has 2 fully saturated rings. The van der Waals surface area contributed by atoms with Gasteiger partial charge in [0, 0.05) is 6.54 Å². The van der Waals surface area contributed by atoms with Gasteiger partial charge in [-0.25, -0.2) is 4.79 Å². The number of carbonyl (C=O) groups is 3. The van der Waals surface area contributed by atoms with Crippen LogP contribution >= 0.6 is 0 Å². The fourth-order valence-corrected chi connectivity index (χ4v) is 3.96. The van der Waals surface area contributed by atoms with Gasteiger partial charge in [-0.1, -0.05) is 31.4 Å². The molecule has 1 aromatic rings. The molecule has 1 aliphatic heterocycles. The molecular formula is C20H27N3O4. The van der Waals surface area contributed by atoms with Crippen LogP contribution in [-0.2, 0) is 16.1 Å². The van der Waals surface area contributed by atoms with Crippen molar-refractivity contribution in [1.29, 1.82) is 0 Å². The molecule has 4 amide bonds. The van der Waals surface area contributed by atoms with Crippen LogP contribution in [0.15, 0.2) is 24.3 Å². The number of methoxy groups -OCH3 is 1. The van der Waals surface area contributed by atoms with Crippen molar-refractivity contribution in [2.24, 2.45) is 5.92 Å². The summed E-state index contributed by atoms with van der Waals surface area (Å²) in [5.74, 6) is 0.225. The SMILES string of the molecule is COc1ccc(CNC(=O)CN2C(=O)NC(C)(C3CCCCC3)C2=O)cc1. The van der Waals surface area contributed by atoms with E-state index in [9.17, 15) is 14.4 Å². The summed E-state index contributed by atoms with van der Waals surface area (Å²) in [6, 6.07) is 6.86. The molecule has 0 aromatic heterocycles. The molecule has 0 radical (unpaired) electrons. The van der Waals surface area contributed by atoms with Crippen LogP contribution in [0.5, 0.6) is 5.75 Å². The number of nitrogens with one attached hydrogen (secondary N) is 2. The summed E-state index contributed by atoms with van der Waals surface area (Å²) in [6.45, 7) is 1.86. The summed E-state index contributed by atoms with van der Waals surface area (Å²) >= 11 is 0. The number of carbonyl (C=O) groups excluding carboxylic acids is 3. The summed E-state index contributed by atoms with van der Waals surface area (Å²) in [6.07, 6.45) is 5.18. The van der Waals surface area contributed by atoms with Crippen molar-refractivity contribution in [3.63, 3.8) is 0 Å². The molecule has 1 aromatic carbocycles. The molecule has 0 spiro atoms. The number of rotatable bonds is 6. The van der Waals surface area contributed by atoms with Crippen molar-refractivity contribution in [2.45, 2.75) is 51.1 Å². The molecule has 7 heteroatoms. The van der Waals surface area contributed by atoms with Crippen molar-refractivity contribution in [3.8, 4) is 5.75 Å². The third kappa shape index (κ3) is 4.07. The van der Waals surface area contributed by atoms with Crippen LogP contribution in [0, 0.1) is 5.92 Å². The van der Waals surface area contributed by atoms with Gasteiger partial charge in [0.15, 0.2) is 0 Å². The van der Waals surface area contributed by atoms with Gasteiger partial charge in [-0.2, -0.15) is 0 Å². The molecule has 7 nitrogen and oxygen atoms in total. The fourth-order valence-electron chi connectivity index (χ4n) is 3.96. The van der Waals surface area contributed by atoms with E-state index >= 15 is 0 Å². The molecule has 1 aliphatic carbocycles. The highest BCUT2D eigenvalue weighted by molar-refractivity contribution is 6.09. The largest absolute Gasteiger partial charge is 0.497 e. The van der Waals surface area contributed by atoms with Gasteiger partial charge in [-0.15, -0.1) is 0 Å². The summed E-state index contributed by atoms with van der Waals surface area (Å²) in [5.41, 5.74) is 0.0155. The molecule has 1 atom stereocenters. The third-order valence-electron chi connectivity index (χ3n) is 5.67. The van der Waals surface area contributed by atoms with Crippen molar-refractivity contribution in [3.05, 3.63) is 29.8 Å². The van der Waals surface area contributed by atoms with Crippen molar-refractivity contribution in [1.82, 2.24) is 15.5 Å². The Hall–Kier alpha value is -2.57. The lowest BCUT2D eigenvalue weighted by molar-refractivity contribution is -0.136. The zero-order chi connectivity index (χ0) is 19.4. The molecule has 1 saturated heterocycles. The highest BCUT2D eigenvalue weighted by Crippen LogP contribution is 2.36. The number of amides is 4. The summed E-state index contributed by atoms with van der Waals surface area (Å²) in [7, 11) is 1.59. The van der Waals surface area contributed by atoms with Crippen LogP contribution in [0.4, 0.5) is 4.79 Å². The van der Waals surface area contributed by atoms with E-state index in [4.69, 9.17) is 4.74 Å². The second kappa shape index (κ2) is 7.98. The normalized spacial score (nSPS) is 23.3. The topological polar surface area (TPSA) is 87.7 Å². The highest BCUT2D eigenvalue weighted by Gasteiger charge is 2.52. The first-order chi connectivity index (χ1) is 12.9. The van der Waals surface area contributed by atoms with Crippen molar-refractivity contribution >= 4 is 17.8 Å². The zero-order valence-electron chi connectivity index (χ0n) is 15.9. The number of urea groups is 1. The molecule has 3 rings (SSSR count). The Labute approximate surface area is 159 Å². The zero-order valence-corrected chi connectivity index (χ0v) is 15.9. The smallest absolute Gasteiger partial charge is 0.325 e. The first-order valence-electron chi connectivity index (χ1n) is 9.48. The van der Waals surface area contributed by atoms with Crippen LogP contribution in [0.25, 0.3) is 0 Å². The minimum Gasteiger partial charge on any atom is -0.497 e. The molecule has 0 bridgehead atoms. The van der Waals surface area contributed by atoms with Crippen LogP contribution < -0.4 is 15.4 Å². The van der Waals surface area contributed by atoms with Crippen LogP contribution in [-0.4, -0.2) is 41.9 Å². The van der Waals surface area contributed by atoms with Gasteiger partial charge in [-0.05, 0) is 43.4 Å². The number of benzene rings is 1. The summed E-state index contributed by atoms with van der Waals surface area (Å²) in [4.78, 5) is 38.5.